The Morgan fingerprint density at radius 2 is 2.11 bits per heavy atom. The summed E-state index contributed by atoms with van der Waals surface area (Å²) in [6, 6.07) is 0. The Bertz CT molecular complexity index is 153. The SMILES string of the molecule is C#C/C=C/C(C)(C)C=C. The molecule has 0 heteroatoms. The van der Waals surface area contributed by atoms with E-state index in [0.29, 0.717) is 0 Å². The Morgan fingerprint density at radius 1 is 1.56 bits per heavy atom. The molecule has 0 saturated carbocycles. The smallest absolute Gasteiger partial charge is 0.00111 e. The summed E-state index contributed by atoms with van der Waals surface area (Å²) in [7, 11) is 0. The minimum absolute atomic E-state index is 0.0341. The number of terminal acetylenes is 1. The molecular formula is C9H12. The lowest BCUT2D eigenvalue weighted by atomic mass is 9.94. The zero-order chi connectivity index (χ0) is 7.33. The molecule has 0 nitrogen and oxygen atoms in total. The number of hydrogen-bond acceptors (Lipinski definition) is 0. The molecule has 9 heavy (non-hydrogen) atoms. The number of hydrogen-bond donors (Lipinski definition) is 0. The Kier molecular flexibility index (Phi) is 2.81. The van der Waals surface area contributed by atoms with Gasteiger partial charge in [-0.2, -0.15) is 0 Å². The average Bonchev–Trinajstić information content (AvgIpc) is 1.84. The molecule has 0 aromatic carbocycles. The molecule has 0 rings (SSSR count). The van der Waals surface area contributed by atoms with Crippen LogP contribution in [0.15, 0.2) is 24.8 Å². The fraction of sp³-hybridized carbons (Fsp3) is 0.333. The van der Waals surface area contributed by atoms with Crippen molar-refractivity contribution in [3.63, 3.8) is 0 Å². The van der Waals surface area contributed by atoms with Gasteiger partial charge in [-0.05, 0) is 6.08 Å². The van der Waals surface area contributed by atoms with E-state index in [1.54, 1.807) is 6.08 Å². The minimum Gasteiger partial charge on any atom is -0.115 e. The van der Waals surface area contributed by atoms with Crippen molar-refractivity contribution in [1.82, 2.24) is 0 Å². The molecule has 0 aromatic heterocycles. The zero-order valence-corrected chi connectivity index (χ0v) is 6.02. The maximum Gasteiger partial charge on any atom is 0.00111 e. The van der Waals surface area contributed by atoms with Gasteiger partial charge in [-0.1, -0.05) is 31.9 Å². The third-order valence-electron chi connectivity index (χ3n) is 1.14. The zero-order valence-electron chi connectivity index (χ0n) is 6.02. The average molecular weight is 120 g/mol. The standard InChI is InChI=1S/C9H12/c1-5-7-8-9(3,4)6-2/h1,6-8H,2H2,3-4H3/b8-7+. The van der Waals surface area contributed by atoms with E-state index in [0.717, 1.165) is 0 Å². The van der Waals surface area contributed by atoms with Crippen molar-refractivity contribution in [3.8, 4) is 12.3 Å². The van der Waals surface area contributed by atoms with E-state index in [9.17, 15) is 0 Å². The van der Waals surface area contributed by atoms with Crippen LogP contribution in [-0.2, 0) is 0 Å². The van der Waals surface area contributed by atoms with Crippen LogP contribution in [0.5, 0.6) is 0 Å². The van der Waals surface area contributed by atoms with Crippen molar-refractivity contribution in [2.75, 3.05) is 0 Å². The van der Waals surface area contributed by atoms with Gasteiger partial charge in [-0.15, -0.1) is 13.0 Å². The van der Waals surface area contributed by atoms with Crippen LogP contribution in [-0.4, -0.2) is 0 Å². The fourth-order valence-electron chi connectivity index (χ4n) is 0.331. The molecular weight excluding hydrogens is 108 g/mol. The Balaban J connectivity index is 4.04. The van der Waals surface area contributed by atoms with Crippen molar-refractivity contribution >= 4 is 0 Å². The molecule has 0 radical (unpaired) electrons. The lowest BCUT2D eigenvalue weighted by Gasteiger charge is -2.11. The Hall–Kier alpha value is -0.960. The molecule has 0 aromatic rings. The maximum absolute atomic E-state index is 5.02. The molecule has 0 aliphatic heterocycles. The van der Waals surface area contributed by atoms with Crippen molar-refractivity contribution in [1.29, 1.82) is 0 Å². The highest BCUT2D eigenvalue weighted by Gasteiger charge is 2.05. The molecule has 0 spiro atoms. The van der Waals surface area contributed by atoms with Gasteiger partial charge in [-0.25, -0.2) is 0 Å². The monoisotopic (exact) mass is 120 g/mol. The first kappa shape index (κ1) is 8.04. The van der Waals surface area contributed by atoms with Crippen LogP contribution in [0.25, 0.3) is 0 Å². The summed E-state index contributed by atoms with van der Waals surface area (Å²) in [6.45, 7) is 7.76. The Morgan fingerprint density at radius 3 is 2.44 bits per heavy atom. The molecule has 0 bridgehead atoms. The largest absolute Gasteiger partial charge is 0.115 e. The van der Waals surface area contributed by atoms with Crippen LogP contribution in [0, 0.1) is 17.8 Å². The predicted octanol–water partition coefficient (Wildman–Crippen LogP) is 2.39. The first-order chi connectivity index (χ1) is 4.12. The summed E-state index contributed by atoms with van der Waals surface area (Å²) in [6.07, 6.45) is 10.5. The van der Waals surface area contributed by atoms with E-state index < -0.39 is 0 Å². The van der Waals surface area contributed by atoms with Gasteiger partial charge >= 0.3 is 0 Å². The molecule has 0 amide bonds. The third-order valence-corrected chi connectivity index (χ3v) is 1.14. The second-order valence-electron chi connectivity index (χ2n) is 2.53. The first-order valence-electron chi connectivity index (χ1n) is 2.90. The summed E-state index contributed by atoms with van der Waals surface area (Å²) in [5.41, 5.74) is 0.0341. The summed E-state index contributed by atoms with van der Waals surface area (Å²) in [4.78, 5) is 0. The summed E-state index contributed by atoms with van der Waals surface area (Å²) >= 11 is 0. The Labute approximate surface area is 57.3 Å². The van der Waals surface area contributed by atoms with Crippen molar-refractivity contribution in [2.45, 2.75) is 13.8 Å². The van der Waals surface area contributed by atoms with Crippen LogP contribution >= 0.6 is 0 Å². The van der Waals surface area contributed by atoms with E-state index in [2.05, 4.69) is 12.5 Å². The topological polar surface area (TPSA) is 0 Å². The molecule has 0 saturated heterocycles. The molecule has 0 aliphatic carbocycles. The maximum atomic E-state index is 5.02. The van der Waals surface area contributed by atoms with E-state index in [-0.39, 0.29) is 5.41 Å². The van der Waals surface area contributed by atoms with Gasteiger partial charge in [0.2, 0.25) is 0 Å². The van der Waals surface area contributed by atoms with Crippen LogP contribution in [0.1, 0.15) is 13.8 Å². The highest BCUT2D eigenvalue weighted by atomic mass is 14.1. The first-order valence-corrected chi connectivity index (χ1v) is 2.90. The van der Waals surface area contributed by atoms with Gasteiger partial charge in [0.25, 0.3) is 0 Å². The van der Waals surface area contributed by atoms with E-state index in [4.69, 9.17) is 6.42 Å². The van der Waals surface area contributed by atoms with Gasteiger partial charge < -0.3 is 0 Å². The molecule has 48 valence electrons. The molecule has 0 fully saturated rings. The van der Waals surface area contributed by atoms with Crippen LogP contribution < -0.4 is 0 Å². The van der Waals surface area contributed by atoms with E-state index in [1.165, 1.54) is 0 Å². The van der Waals surface area contributed by atoms with Gasteiger partial charge in [0.15, 0.2) is 0 Å². The highest BCUT2D eigenvalue weighted by molar-refractivity contribution is 5.15. The van der Waals surface area contributed by atoms with Gasteiger partial charge in [0.05, 0.1) is 0 Å². The van der Waals surface area contributed by atoms with Crippen molar-refractivity contribution < 1.29 is 0 Å². The molecule has 0 atom stereocenters. The molecule has 0 unspecified atom stereocenters. The lowest BCUT2D eigenvalue weighted by molar-refractivity contribution is 0.628. The lowest BCUT2D eigenvalue weighted by Crippen LogP contribution is -2.00. The number of rotatable bonds is 2. The van der Waals surface area contributed by atoms with Crippen LogP contribution in [0.3, 0.4) is 0 Å². The van der Waals surface area contributed by atoms with Crippen molar-refractivity contribution in [2.24, 2.45) is 5.41 Å². The fourth-order valence-corrected chi connectivity index (χ4v) is 0.331. The second kappa shape index (κ2) is 3.14. The summed E-state index contributed by atoms with van der Waals surface area (Å²) in [5.74, 6) is 2.43. The van der Waals surface area contributed by atoms with E-state index >= 15 is 0 Å². The van der Waals surface area contributed by atoms with Crippen LogP contribution in [0.2, 0.25) is 0 Å². The quantitative estimate of drug-likeness (QED) is 0.387. The molecule has 0 N–H and O–H groups in total. The summed E-state index contributed by atoms with van der Waals surface area (Å²) < 4.78 is 0. The third kappa shape index (κ3) is 3.61. The second-order valence-corrected chi connectivity index (χ2v) is 2.53. The number of allylic oxidation sites excluding steroid dienone is 3. The molecule has 0 heterocycles. The van der Waals surface area contributed by atoms with Gasteiger partial charge in [0.1, 0.15) is 0 Å². The van der Waals surface area contributed by atoms with Gasteiger partial charge in [0, 0.05) is 5.41 Å². The molecule has 0 aliphatic rings. The van der Waals surface area contributed by atoms with E-state index in [1.807, 2.05) is 26.0 Å². The van der Waals surface area contributed by atoms with Crippen LogP contribution in [0.4, 0.5) is 0 Å². The highest BCUT2D eigenvalue weighted by Crippen LogP contribution is 2.16. The predicted molar refractivity (Wildman–Crippen MR) is 42.0 cm³/mol. The minimum atomic E-state index is 0.0341. The summed E-state index contributed by atoms with van der Waals surface area (Å²) in [5, 5.41) is 0. The van der Waals surface area contributed by atoms with Crippen molar-refractivity contribution in [3.05, 3.63) is 24.8 Å². The van der Waals surface area contributed by atoms with Gasteiger partial charge in [-0.3, -0.25) is 0 Å². The normalized spacial score (nSPS) is 11.2.